The lowest BCUT2D eigenvalue weighted by Gasteiger charge is -2.22. The van der Waals surface area contributed by atoms with E-state index in [1.54, 1.807) is 0 Å². The molecule has 0 atom stereocenters. The van der Waals surface area contributed by atoms with Crippen molar-refractivity contribution in [2.75, 3.05) is 0 Å². The van der Waals surface area contributed by atoms with Crippen molar-refractivity contribution in [2.24, 2.45) is 0 Å². The molecule has 0 radical (unpaired) electrons. The molecule has 0 aliphatic rings. The van der Waals surface area contributed by atoms with Crippen LogP contribution in [0.4, 0.5) is 0 Å². The highest BCUT2D eigenvalue weighted by molar-refractivity contribution is 6.28. The second-order valence-electron chi connectivity index (χ2n) is 15.1. The van der Waals surface area contributed by atoms with Crippen LogP contribution >= 0.6 is 0 Å². The molecular weight excluding hydrogens is 689 g/mol. The van der Waals surface area contributed by atoms with Crippen molar-refractivity contribution < 1.29 is 4.42 Å². The van der Waals surface area contributed by atoms with Gasteiger partial charge in [0.15, 0.2) is 0 Å². The molecule has 1 aromatic heterocycles. The van der Waals surface area contributed by atoms with E-state index < -0.39 is 0 Å². The SMILES string of the molecule is c1ccc(-c2cccc(-c3ccc4oc5ccccc5c4c3)c2-c2c3ccccc3c(-c3ccc4c5ccccc5c5ccccc5c4c3)c3ccccc23)cc1. The van der Waals surface area contributed by atoms with Crippen LogP contribution in [0.3, 0.4) is 0 Å². The third-order valence-corrected chi connectivity index (χ3v) is 12.1. The lowest BCUT2D eigenvalue weighted by atomic mass is 9.80. The number of benzene rings is 11. The Labute approximate surface area is 329 Å². The molecule has 1 nitrogen and oxygen atoms in total. The molecule has 12 aromatic rings. The molecule has 0 aliphatic heterocycles. The van der Waals surface area contributed by atoms with Crippen LogP contribution in [0.5, 0.6) is 0 Å². The highest BCUT2D eigenvalue weighted by atomic mass is 16.3. The van der Waals surface area contributed by atoms with Gasteiger partial charge in [0.25, 0.3) is 0 Å². The molecule has 0 amide bonds. The summed E-state index contributed by atoms with van der Waals surface area (Å²) < 4.78 is 6.29. The van der Waals surface area contributed by atoms with Crippen LogP contribution in [0.1, 0.15) is 0 Å². The van der Waals surface area contributed by atoms with Gasteiger partial charge in [0.05, 0.1) is 0 Å². The van der Waals surface area contributed by atoms with Gasteiger partial charge in [0.2, 0.25) is 0 Å². The van der Waals surface area contributed by atoms with Gasteiger partial charge in [-0.2, -0.15) is 0 Å². The molecule has 0 N–H and O–H groups in total. The minimum atomic E-state index is 0.900. The molecule has 0 spiro atoms. The molecule has 0 bridgehead atoms. The Bertz CT molecular complexity index is 3480. The summed E-state index contributed by atoms with van der Waals surface area (Å²) in [7, 11) is 0. The molecule has 11 aromatic carbocycles. The van der Waals surface area contributed by atoms with Gasteiger partial charge in [-0.25, -0.2) is 0 Å². The van der Waals surface area contributed by atoms with Crippen molar-refractivity contribution in [3.63, 3.8) is 0 Å². The maximum atomic E-state index is 6.29. The lowest BCUT2D eigenvalue weighted by Crippen LogP contribution is -1.95. The predicted octanol–water partition coefficient (Wildman–Crippen LogP) is 16.0. The van der Waals surface area contributed by atoms with Gasteiger partial charge in [0, 0.05) is 10.8 Å². The van der Waals surface area contributed by atoms with Crippen LogP contribution in [-0.4, -0.2) is 0 Å². The van der Waals surface area contributed by atoms with E-state index in [4.69, 9.17) is 4.42 Å². The molecule has 264 valence electrons. The highest BCUT2D eigenvalue weighted by Crippen LogP contribution is 2.50. The number of rotatable bonds is 4. The number of furan rings is 1. The number of para-hydroxylation sites is 1. The molecule has 0 fully saturated rings. The quantitative estimate of drug-likeness (QED) is 0.130. The van der Waals surface area contributed by atoms with Crippen LogP contribution in [0.2, 0.25) is 0 Å². The Balaban J connectivity index is 1.19. The van der Waals surface area contributed by atoms with Crippen LogP contribution in [-0.2, 0) is 0 Å². The molecule has 0 saturated heterocycles. The van der Waals surface area contributed by atoms with Crippen molar-refractivity contribution >= 4 is 75.8 Å². The smallest absolute Gasteiger partial charge is 0.135 e. The normalized spacial score (nSPS) is 11.9. The van der Waals surface area contributed by atoms with Crippen LogP contribution in [0.15, 0.2) is 211 Å². The Hall–Kier alpha value is -7.48. The minimum Gasteiger partial charge on any atom is -0.456 e. The van der Waals surface area contributed by atoms with E-state index in [9.17, 15) is 0 Å². The Morgan fingerprint density at radius 1 is 0.211 bits per heavy atom. The monoisotopic (exact) mass is 722 g/mol. The summed E-state index contributed by atoms with van der Waals surface area (Å²) in [4.78, 5) is 0. The summed E-state index contributed by atoms with van der Waals surface area (Å²) in [5, 5.41) is 14.9. The van der Waals surface area contributed by atoms with Gasteiger partial charge in [-0.1, -0.05) is 182 Å². The zero-order valence-corrected chi connectivity index (χ0v) is 31.0. The Kier molecular flexibility index (Phi) is 7.00. The summed E-state index contributed by atoms with van der Waals surface area (Å²) in [6.07, 6.45) is 0. The number of hydrogen-bond acceptors (Lipinski definition) is 1. The molecule has 1 heteroatoms. The fourth-order valence-corrected chi connectivity index (χ4v) is 9.59. The topological polar surface area (TPSA) is 13.1 Å². The van der Waals surface area contributed by atoms with Crippen LogP contribution < -0.4 is 0 Å². The predicted molar refractivity (Wildman–Crippen MR) is 243 cm³/mol. The number of fused-ring (bicyclic) bond motifs is 11. The van der Waals surface area contributed by atoms with Crippen molar-refractivity contribution in [2.45, 2.75) is 0 Å². The highest BCUT2D eigenvalue weighted by Gasteiger charge is 2.23. The van der Waals surface area contributed by atoms with E-state index in [2.05, 4.69) is 200 Å². The Morgan fingerprint density at radius 3 is 1.28 bits per heavy atom. The third-order valence-electron chi connectivity index (χ3n) is 12.1. The van der Waals surface area contributed by atoms with Crippen molar-refractivity contribution in [1.29, 1.82) is 0 Å². The zero-order valence-electron chi connectivity index (χ0n) is 31.0. The minimum absolute atomic E-state index is 0.900. The summed E-state index contributed by atoms with van der Waals surface area (Å²) in [5.41, 5.74) is 11.5. The van der Waals surface area contributed by atoms with Gasteiger partial charge >= 0.3 is 0 Å². The molecule has 1 heterocycles. The van der Waals surface area contributed by atoms with E-state index in [1.807, 2.05) is 6.07 Å². The molecular formula is C56H34O. The maximum absolute atomic E-state index is 6.29. The van der Waals surface area contributed by atoms with Gasteiger partial charge < -0.3 is 4.42 Å². The van der Waals surface area contributed by atoms with Crippen molar-refractivity contribution in [1.82, 2.24) is 0 Å². The zero-order chi connectivity index (χ0) is 37.5. The molecule has 0 aliphatic carbocycles. The van der Waals surface area contributed by atoms with Gasteiger partial charge in [-0.3, -0.25) is 0 Å². The molecule has 0 unspecified atom stereocenters. The van der Waals surface area contributed by atoms with Crippen LogP contribution in [0, 0.1) is 0 Å². The summed E-state index contributed by atoms with van der Waals surface area (Å²) in [6.45, 7) is 0. The summed E-state index contributed by atoms with van der Waals surface area (Å²) in [5.74, 6) is 0. The van der Waals surface area contributed by atoms with Gasteiger partial charge in [-0.05, 0) is 123 Å². The molecule has 0 saturated carbocycles. The van der Waals surface area contributed by atoms with Gasteiger partial charge in [0.1, 0.15) is 11.2 Å². The lowest BCUT2D eigenvalue weighted by molar-refractivity contribution is 0.669. The van der Waals surface area contributed by atoms with Crippen LogP contribution in [0.25, 0.3) is 120 Å². The fourth-order valence-electron chi connectivity index (χ4n) is 9.59. The average Bonchev–Trinajstić information content (AvgIpc) is 3.66. The van der Waals surface area contributed by atoms with Crippen molar-refractivity contribution in [3.8, 4) is 44.5 Å². The summed E-state index contributed by atoms with van der Waals surface area (Å²) >= 11 is 0. The first-order valence-corrected chi connectivity index (χ1v) is 19.7. The van der Waals surface area contributed by atoms with E-state index in [1.165, 1.54) is 92.8 Å². The second-order valence-corrected chi connectivity index (χ2v) is 15.1. The first-order valence-electron chi connectivity index (χ1n) is 19.7. The standard InChI is InChI=1S/C56H34O/c1-2-15-35(16-3-1)38-26-14-27-39(36-30-32-53-51(33-36)45-21-12-13-28-52(45)57-53)55(38)56-48-24-10-8-22-46(48)54(47-23-9-11-25-49(47)56)37-29-31-44-42-19-5-4-17-40(42)41-18-6-7-20-43(41)50(44)34-37/h1-34H. The molecule has 57 heavy (non-hydrogen) atoms. The van der Waals surface area contributed by atoms with Gasteiger partial charge in [-0.15, -0.1) is 0 Å². The van der Waals surface area contributed by atoms with E-state index in [0.29, 0.717) is 0 Å². The first-order chi connectivity index (χ1) is 28.3. The Morgan fingerprint density at radius 2 is 0.649 bits per heavy atom. The number of hydrogen-bond donors (Lipinski definition) is 0. The first kappa shape index (κ1) is 31.8. The van der Waals surface area contributed by atoms with E-state index >= 15 is 0 Å². The largest absolute Gasteiger partial charge is 0.456 e. The molecule has 12 rings (SSSR count). The summed E-state index contributed by atoms with van der Waals surface area (Å²) in [6, 6.07) is 75.5. The van der Waals surface area contributed by atoms with Crippen molar-refractivity contribution in [3.05, 3.63) is 206 Å². The second kappa shape index (κ2) is 12.5. The van der Waals surface area contributed by atoms with E-state index in [-0.39, 0.29) is 0 Å². The average molecular weight is 723 g/mol. The third kappa shape index (κ3) is 4.83. The van der Waals surface area contributed by atoms with E-state index in [0.717, 1.165) is 27.5 Å². The maximum Gasteiger partial charge on any atom is 0.135 e. The fraction of sp³-hybridized carbons (Fsp3) is 0.